The van der Waals surface area contributed by atoms with Crippen molar-refractivity contribution in [3.63, 3.8) is 0 Å². The second-order valence-corrected chi connectivity index (χ2v) is 7.20. The number of rotatable bonds is 3. The summed E-state index contributed by atoms with van der Waals surface area (Å²) < 4.78 is 0. The van der Waals surface area contributed by atoms with E-state index in [4.69, 9.17) is 0 Å². The molecule has 3 atom stereocenters. The van der Waals surface area contributed by atoms with Gasteiger partial charge in [0.1, 0.15) is 0 Å². The van der Waals surface area contributed by atoms with Crippen LogP contribution in [-0.2, 0) is 12.8 Å². The third kappa shape index (κ3) is 2.02. The Bertz CT molecular complexity index is 615. The number of benzene rings is 1. The van der Waals surface area contributed by atoms with Gasteiger partial charge in [0.05, 0.1) is 6.10 Å². The molecule has 0 spiro atoms. The highest BCUT2D eigenvalue weighted by atomic mass is 32.1. The summed E-state index contributed by atoms with van der Waals surface area (Å²) in [4.78, 5) is 1.51. The van der Waals surface area contributed by atoms with E-state index in [9.17, 15) is 5.11 Å². The second kappa shape index (κ2) is 5.01. The van der Waals surface area contributed by atoms with Crippen molar-refractivity contribution in [3.8, 4) is 0 Å². The Hall–Kier alpha value is -1.12. The van der Waals surface area contributed by atoms with Gasteiger partial charge in [-0.15, -0.1) is 11.3 Å². The largest absolute Gasteiger partial charge is 0.392 e. The van der Waals surface area contributed by atoms with Crippen molar-refractivity contribution in [2.24, 2.45) is 0 Å². The summed E-state index contributed by atoms with van der Waals surface area (Å²) in [7, 11) is 0. The maximum absolute atomic E-state index is 10.7. The van der Waals surface area contributed by atoms with Gasteiger partial charge < -0.3 is 5.11 Å². The van der Waals surface area contributed by atoms with E-state index < -0.39 is 0 Å². The smallest absolute Gasteiger partial charge is 0.0615 e. The minimum atomic E-state index is -0.179. The van der Waals surface area contributed by atoms with E-state index in [2.05, 4.69) is 35.7 Å². The van der Waals surface area contributed by atoms with Crippen LogP contribution in [0, 0.1) is 0 Å². The molecule has 3 unspecified atom stereocenters. The third-order valence-corrected chi connectivity index (χ3v) is 6.05. The molecule has 0 saturated carbocycles. The molecule has 2 heteroatoms. The number of hydrogen-bond acceptors (Lipinski definition) is 2. The van der Waals surface area contributed by atoms with E-state index in [1.807, 2.05) is 11.3 Å². The van der Waals surface area contributed by atoms with Crippen molar-refractivity contribution < 1.29 is 5.11 Å². The molecule has 4 rings (SSSR count). The number of aliphatic hydroxyl groups is 1. The Kier molecular flexibility index (Phi) is 3.16. The summed E-state index contributed by atoms with van der Waals surface area (Å²) in [6, 6.07) is 10.9. The predicted molar refractivity (Wildman–Crippen MR) is 83.5 cm³/mol. The van der Waals surface area contributed by atoms with Gasteiger partial charge in [-0.25, -0.2) is 0 Å². The van der Waals surface area contributed by atoms with Gasteiger partial charge in [-0.3, -0.25) is 0 Å². The average Bonchev–Trinajstić information content (AvgIpc) is 2.92. The lowest BCUT2D eigenvalue weighted by Crippen LogP contribution is -2.28. The fourth-order valence-electron chi connectivity index (χ4n) is 3.95. The minimum Gasteiger partial charge on any atom is -0.392 e. The molecule has 0 radical (unpaired) electrons. The van der Waals surface area contributed by atoms with Gasteiger partial charge in [0.2, 0.25) is 0 Å². The van der Waals surface area contributed by atoms with Crippen molar-refractivity contribution in [1.29, 1.82) is 0 Å². The molecular weight excluding hydrogens is 264 g/mol. The first-order valence-electron chi connectivity index (χ1n) is 7.65. The number of thiophene rings is 1. The van der Waals surface area contributed by atoms with Crippen LogP contribution in [0.15, 0.2) is 35.7 Å². The molecule has 0 bridgehead atoms. The molecule has 2 aliphatic carbocycles. The van der Waals surface area contributed by atoms with Gasteiger partial charge in [0, 0.05) is 10.8 Å². The number of fused-ring (bicyclic) bond motifs is 2. The SMILES string of the molecule is OC(CC1Cc2ccccc21)C1CCCc2sccc21. The van der Waals surface area contributed by atoms with Crippen LogP contribution in [0.2, 0.25) is 0 Å². The molecule has 0 amide bonds. The lowest BCUT2D eigenvalue weighted by Gasteiger charge is -2.35. The van der Waals surface area contributed by atoms with E-state index >= 15 is 0 Å². The van der Waals surface area contributed by atoms with E-state index in [-0.39, 0.29) is 6.10 Å². The van der Waals surface area contributed by atoms with Gasteiger partial charge in [-0.2, -0.15) is 0 Å². The van der Waals surface area contributed by atoms with Crippen molar-refractivity contribution in [1.82, 2.24) is 0 Å². The van der Waals surface area contributed by atoms with Gasteiger partial charge in [0.25, 0.3) is 0 Å². The number of aliphatic hydroxyl groups excluding tert-OH is 1. The zero-order chi connectivity index (χ0) is 13.5. The number of hydrogen-bond donors (Lipinski definition) is 1. The van der Waals surface area contributed by atoms with Crippen molar-refractivity contribution in [2.75, 3.05) is 0 Å². The first kappa shape index (κ1) is 12.6. The van der Waals surface area contributed by atoms with E-state index in [1.54, 1.807) is 0 Å². The Labute approximate surface area is 124 Å². The molecule has 1 aromatic carbocycles. The van der Waals surface area contributed by atoms with Crippen LogP contribution in [0.3, 0.4) is 0 Å². The predicted octanol–water partition coefficient (Wildman–Crippen LogP) is 4.26. The van der Waals surface area contributed by atoms with Gasteiger partial charge in [-0.1, -0.05) is 24.3 Å². The highest BCUT2D eigenvalue weighted by Crippen LogP contribution is 2.43. The summed E-state index contributed by atoms with van der Waals surface area (Å²) in [5, 5.41) is 12.9. The van der Waals surface area contributed by atoms with Crippen molar-refractivity contribution in [3.05, 3.63) is 57.3 Å². The first-order chi connectivity index (χ1) is 9.83. The quantitative estimate of drug-likeness (QED) is 0.893. The topological polar surface area (TPSA) is 20.2 Å². The van der Waals surface area contributed by atoms with E-state index in [0.717, 1.165) is 19.3 Å². The normalized spacial score (nSPS) is 25.4. The highest BCUT2D eigenvalue weighted by molar-refractivity contribution is 7.10. The van der Waals surface area contributed by atoms with Crippen LogP contribution in [0.4, 0.5) is 0 Å². The molecule has 20 heavy (non-hydrogen) atoms. The number of aryl methyl sites for hydroxylation is 1. The molecule has 2 aliphatic rings. The molecular formula is C18H20OS. The lowest BCUT2D eigenvalue weighted by molar-refractivity contribution is 0.114. The molecule has 0 saturated heterocycles. The molecule has 0 aliphatic heterocycles. The molecule has 1 aromatic heterocycles. The molecule has 104 valence electrons. The molecule has 0 fully saturated rings. The van der Waals surface area contributed by atoms with E-state index in [0.29, 0.717) is 11.8 Å². The molecule has 1 N–H and O–H groups in total. The van der Waals surface area contributed by atoms with Crippen LogP contribution in [0.1, 0.15) is 52.7 Å². The Morgan fingerprint density at radius 2 is 2.10 bits per heavy atom. The summed E-state index contributed by atoms with van der Waals surface area (Å²) >= 11 is 1.86. The zero-order valence-corrected chi connectivity index (χ0v) is 12.4. The second-order valence-electron chi connectivity index (χ2n) is 6.20. The maximum atomic E-state index is 10.7. The molecule has 1 nitrogen and oxygen atoms in total. The van der Waals surface area contributed by atoms with E-state index in [1.165, 1.54) is 34.4 Å². The van der Waals surface area contributed by atoms with Crippen molar-refractivity contribution >= 4 is 11.3 Å². The standard InChI is InChI=1S/C18H20OS/c19-17(11-13-10-12-4-1-2-5-14(12)13)15-6-3-7-18-16(15)8-9-20-18/h1-2,4-5,8-9,13,15,17,19H,3,6-7,10-11H2. The van der Waals surface area contributed by atoms with Crippen LogP contribution < -0.4 is 0 Å². The van der Waals surface area contributed by atoms with Crippen LogP contribution in [0.25, 0.3) is 0 Å². The average molecular weight is 284 g/mol. The Morgan fingerprint density at radius 1 is 1.20 bits per heavy atom. The minimum absolute atomic E-state index is 0.179. The first-order valence-corrected chi connectivity index (χ1v) is 8.53. The third-order valence-electron chi connectivity index (χ3n) is 5.05. The fraction of sp³-hybridized carbons (Fsp3) is 0.444. The molecule has 1 heterocycles. The molecule has 2 aromatic rings. The summed E-state index contributed by atoms with van der Waals surface area (Å²) in [5.74, 6) is 0.947. The van der Waals surface area contributed by atoms with Crippen LogP contribution in [-0.4, -0.2) is 11.2 Å². The monoisotopic (exact) mass is 284 g/mol. The Morgan fingerprint density at radius 3 is 3.00 bits per heavy atom. The lowest BCUT2D eigenvalue weighted by atomic mass is 9.72. The summed E-state index contributed by atoms with van der Waals surface area (Å²) in [5.41, 5.74) is 4.37. The fourth-order valence-corrected chi connectivity index (χ4v) is 4.95. The highest BCUT2D eigenvalue weighted by Gasteiger charge is 2.33. The van der Waals surface area contributed by atoms with Gasteiger partial charge >= 0.3 is 0 Å². The zero-order valence-electron chi connectivity index (χ0n) is 11.6. The Balaban J connectivity index is 1.49. The van der Waals surface area contributed by atoms with Gasteiger partial charge in [-0.05, 0) is 66.2 Å². The summed E-state index contributed by atoms with van der Waals surface area (Å²) in [6.07, 6.45) is 5.49. The van der Waals surface area contributed by atoms with Crippen molar-refractivity contribution in [2.45, 2.75) is 50.0 Å². The summed E-state index contributed by atoms with van der Waals surface area (Å²) in [6.45, 7) is 0. The van der Waals surface area contributed by atoms with Crippen LogP contribution in [0.5, 0.6) is 0 Å². The maximum Gasteiger partial charge on any atom is 0.0615 e. The van der Waals surface area contributed by atoms with Gasteiger partial charge in [0.15, 0.2) is 0 Å². The van der Waals surface area contributed by atoms with Crippen LogP contribution >= 0.6 is 11.3 Å².